The minimum absolute atomic E-state index is 0.126. The number of benzene rings is 4. The van der Waals surface area contributed by atoms with Crippen LogP contribution >= 0.6 is 11.6 Å². The fourth-order valence-corrected chi connectivity index (χ4v) is 5.02. The number of anilines is 1. The summed E-state index contributed by atoms with van der Waals surface area (Å²) in [4.78, 5) is 25.5. The average molecular weight is 579 g/mol. The predicted molar refractivity (Wildman–Crippen MR) is 152 cm³/mol. The number of carbonyl (C=O) groups excluding carboxylic acids is 2. The van der Waals surface area contributed by atoms with Gasteiger partial charge in [0.1, 0.15) is 0 Å². The highest BCUT2D eigenvalue weighted by molar-refractivity contribution is 6.30. The number of rotatable bonds is 7. The van der Waals surface area contributed by atoms with Gasteiger partial charge in [-0.25, -0.2) is 4.79 Å². The van der Waals surface area contributed by atoms with Crippen molar-refractivity contribution in [2.75, 3.05) is 11.9 Å². The average Bonchev–Trinajstić information content (AvgIpc) is 3.35. The summed E-state index contributed by atoms with van der Waals surface area (Å²) in [6.45, 7) is 0.247. The van der Waals surface area contributed by atoms with Crippen LogP contribution in [-0.4, -0.2) is 24.6 Å². The zero-order chi connectivity index (χ0) is 29.0. The van der Waals surface area contributed by atoms with Crippen LogP contribution in [0.15, 0.2) is 91.0 Å². The van der Waals surface area contributed by atoms with Gasteiger partial charge in [0, 0.05) is 28.7 Å². The normalized spacial score (nSPS) is 14.3. The Morgan fingerprint density at radius 1 is 0.878 bits per heavy atom. The quantitative estimate of drug-likeness (QED) is 0.236. The van der Waals surface area contributed by atoms with Gasteiger partial charge in [0.25, 0.3) is 5.91 Å². The summed E-state index contributed by atoms with van der Waals surface area (Å²) in [5.74, 6) is -0.377. The van der Waals surface area contributed by atoms with Crippen molar-refractivity contribution in [3.05, 3.63) is 124 Å². The molecule has 0 heterocycles. The van der Waals surface area contributed by atoms with Crippen LogP contribution in [0.3, 0.4) is 0 Å². The lowest BCUT2D eigenvalue weighted by atomic mass is 9.98. The van der Waals surface area contributed by atoms with Crippen molar-refractivity contribution in [1.82, 2.24) is 5.32 Å². The highest BCUT2D eigenvalue weighted by Gasteiger charge is 2.30. The third-order valence-electron chi connectivity index (χ3n) is 6.95. The summed E-state index contributed by atoms with van der Waals surface area (Å²) in [6, 6.07) is 24.3. The number of nitrogens with one attached hydrogen (secondary N) is 2. The molecular weight excluding hydrogens is 553 g/mol. The lowest BCUT2D eigenvalue weighted by Crippen LogP contribution is -2.36. The highest BCUT2D eigenvalue weighted by atomic mass is 35.5. The number of halogens is 4. The molecule has 1 aliphatic carbocycles. The molecule has 4 aromatic carbocycles. The van der Waals surface area contributed by atoms with Crippen molar-refractivity contribution in [1.29, 1.82) is 0 Å². The first-order valence-electron chi connectivity index (χ1n) is 13.0. The van der Waals surface area contributed by atoms with Crippen LogP contribution in [0, 0.1) is 0 Å². The molecule has 0 saturated heterocycles. The molecule has 0 radical (unpaired) electrons. The van der Waals surface area contributed by atoms with Gasteiger partial charge in [-0.3, -0.25) is 4.79 Å². The number of hydrogen-bond donors (Lipinski definition) is 2. The third kappa shape index (κ3) is 7.08. The predicted octanol–water partition coefficient (Wildman–Crippen LogP) is 7.71. The number of alkyl halides is 3. The molecule has 2 N–H and O–H groups in total. The Labute approximate surface area is 240 Å². The summed E-state index contributed by atoms with van der Waals surface area (Å²) in [6.07, 6.45) is -3.10. The molecule has 5 nitrogen and oxygen atoms in total. The van der Waals surface area contributed by atoms with Crippen LogP contribution in [0.1, 0.15) is 32.6 Å². The fraction of sp³-hybridized carbons (Fsp3) is 0.188. The first-order valence-corrected chi connectivity index (χ1v) is 13.4. The molecule has 0 spiro atoms. The molecule has 1 unspecified atom stereocenters. The number of amides is 2. The Balaban J connectivity index is 1.18. The van der Waals surface area contributed by atoms with Crippen LogP contribution in [0.25, 0.3) is 11.1 Å². The number of ether oxygens (including phenoxy) is 1. The van der Waals surface area contributed by atoms with Crippen LogP contribution < -0.4 is 10.6 Å². The van der Waals surface area contributed by atoms with E-state index in [1.54, 1.807) is 42.5 Å². The van der Waals surface area contributed by atoms with E-state index in [4.69, 9.17) is 16.3 Å². The van der Waals surface area contributed by atoms with Crippen molar-refractivity contribution in [3.8, 4) is 11.1 Å². The Morgan fingerprint density at radius 2 is 1.59 bits per heavy atom. The maximum absolute atomic E-state index is 13.2. The van der Waals surface area contributed by atoms with E-state index in [9.17, 15) is 22.8 Å². The molecule has 5 rings (SSSR count). The summed E-state index contributed by atoms with van der Waals surface area (Å²) in [7, 11) is 0. The molecule has 1 aliphatic rings. The lowest BCUT2D eigenvalue weighted by molar-refractivity contribution is -0.137. The van der Waals surface area contributed by atoms with Crippen molar-refractivity contribution in [2.45, 2.75) is 31.5 Å². The van der Waals surface area contributed by atoms with Gasteiger partial charge in [0.15, 0.2) is 0 Å². The standard InChI is InChI=1S/C32H26ClF3N2O3/c33-25-12-5-20(6-13-25)15-16-41-31(40)38-27-17-22-9-14-26(18-23(22)19-27)37-30(39)29-4-2-1-3-28(29)21-7-10-24(11-8-21)32(34,35)36/h1-14,18,27H,15-17,19H2,(H,37,39)(H,38,40). The first kappa shape index (κ1) is 28.2. The molecule has 210 valence electrons. The molecule has 0 aliphatic heterocycles. The van der Waals surface area contributed by atoms with E-state index in [1.165, 1.54) is 12.1 Å². The first-order chi connectivity index (χ1) is 19.7. The number of hydrogen-bond acceptors (Lipinski definition) is 3. The zero-order valence-electron chi connectivity index (χ0n) is 21.8. The number of fused-ring (bicyclic) bond motifs is 1. The number of carbonyl (C=O) groups is 2. The second kappa shape index (κ2) is 12.1. The zero-order valence-corrected chi connectivity index (χ0v) is 22.6. The summed E-state index contributed by atoms with van der Waals surface area (Å²) in [5.41, 5.74) is 4.30. The smallest absolute Gasteiger partial charge is 0.416 e. The van der Waals surface area contributed by atoms with E-state index in [1.807, 2.05) is 24.3 Å². The van der Waals surface area contributed by atoms with Gasteiger partial charge in [0.2, 0.25) is 0 Å². The Bertz CT molecular complexity index is 1550. The van der Waals surface area contributed by atoms with Crippen molar-refractivity contribution in [3.63, 3.8) is 0 Å². The van der Waals surface area contributed by atoms with Gasteiger partial charge in [-0.15, -0.1) is 0 Å². The van der Waals surface area contributed by atoms with Gasteiger partial charge >= 0.3 is 12.3 Å². The lowest BCUT2D eigenvalue weighted by Gasteiger charge is -2.13. The van der Waals surface area contributed by atoms with Gasteiger partial charge in [0.05, 0.1) is 12.2 Å². The largest absolute Gasteiger partial charge is 0.449 e. The minimum atomic E-state index is -4.43. The molecule has 41 heavy (non-hydrogen) atoms. The second-order valence-corrected chi connectivity index (χ2v) is 10.3. The van der Waals surface area contributed by atoms with Gasteiger partial charge in [-0.1, -0.05) is 60.1 Å². The van der Waals surface area contributed by atoms with E-state index in [2.05, 4.69) is 10.6 Å². The summed E-state index contributed by atoms with van der Waals surface area (Å²) >= 11 is 5.89. The van der Waals surface area contributed by atoms with E-state index >= 15 is 0 Å². The Hall–Kier alpha value is -4.30. The van der Waals surface area contributed by atoms with Crippen molar-refractivity contribution < 1.29 is 27.5 Å². The summed E-state index contributed by atoms with van der Waals surface area (Å²) in [5, 5.41) is 6.45. The molecule has 0 fully saturated rings. The van der Waals surface area contributed by atoms with E-state index in [0.29, 0.717) is 46.7 Å². The number of alkyl carbamates (subject to hydrolysis) is 1. The monoisotopic (exact) mass is 578 g/mol. The Morgan fingerprint density at radius 3 is 2.32 bits per heavy atom. The van der Waals surface area contributed by atoms with E-state index < -0.39 is 17.8 Å². The molecule has 0 aromatic heterocycles. The molecule has 4 aromatic rings. The molecule has 1 atom stereocenters. The molecule has 9 heteroatoms. The maximum Gasteiger partial charge on any atom is 0.416 e. The van der Waals surface area contributed by atoms with Crippen molar-refractivity contribution in [2.24, 2.45) is 0 Å². The van der Waals surface area contributed by atoms with Crippen molar-refractivity contribution >= 4 is 29.3 Å². The maximum atomic E-state index is 13.2. The molecular formula is C32H26ClF3N2O3. The fourth-order valence-electron chi connectivity index (χ4n) is 4.89. The molecule has 0 saturated carbocycles. The minimum Gasteiger partial charge on any atom is -0.449 e. The highest BCUT2D eigenvalue weighted by Crippen LogP contribution is 2.32. The Kier molecular flexibility index (Phi) is 8.31. The van der Waals surface area contributed by atoms with E-state index in [-0.39, 0.29) is 18.6 Å². The van der Waals surface area contributed by atoms with Crippen LogP contribution in [-0.2, 0) is 30.2 Å². The molecule has 0 bridgehead atoms. The SMILES string of the molecule is O=C(NC1Cc2ccc(NC(=O)c3ccccc3-c3ccc(C(F)(F)F)cc3)cc2C1)OCCc1ccc(Cl)cc1. The second-order valence-electron chi connectivity index (χ2n) is 9.82. The third-order valence-corrected chi connectivity index (χ3v) is 7.20. The van der Waals surface area contributed by atoms with Gasteiger partial charge < -0.3 is 15.4 Å². The summed E-state index contributed by atoms with van der Waals surface area (Å²) < 4.78 is 44.3. The van der Waals surface area contributed by atoms with Gasteiger partial charge in [-0.05, 0) is 83.1 Å². The van der Waals surface area contributed by atoms with Crippen LogP contribution in [0.5, 0.6) is 0 Å². The molecule has 2 amide bonds. The van der Waals surface area contributed by atoms with Crippen LogP contribution in [0.2, 0.25) is 5.02 Å². The van der Waals surface area contributed by atoms with E-state index in [0.717, 1.165) is 28.8 Å². The topological polar surface area (TPSA) is 67.4 Å². The van der Waals surface area contributed by atoms with Crippen LogP contribution in [0.4, 0.5) is 23.7 Å². The van der Waals surface area contributed by atoms with Gasteiger partial charge in [-0.2, -0.15) is 13.2 Å².